The van der Waals surface area contributed by atoms with Crippen molar-refractivity contribution < 1.29 is 4.90 Å². The molecular weight excluding hydrogens is 302 g/mol. The van der Waals surface area contributed by atoms with Gasteiger partial charge in [-0.3, -0.25) is 0 Å². The lowest BCUT2D eigenvalue weighted by molar-refractivity contribution is -0.895. The Morgan fingerprint density at radius 3 is 2.71 bits per heavy atom. The van der Waals surface area contributed by atoms with E-state index in [4.69, 9.17) is 23.8 Å². The Balaban J connectivity index is 2.31. The molecule has 5 heteroatoms. The highest BCUT2D eigenvalue weighted by Crippen LogP contribution is 2.31. The fraction of sp³-hybridized carbons (Fsp3) is 0.250. The third-order valence-electron chi connectivity index (χ3n) is 3.93. The molecule has 106 valence electrons. The lowest BCUT2D eigenvalue weighted by Crippen LogP contribution is -3.08. The zero-order valence-electron chi connectivity index (χ0n) is 11.7. The summed E-state index contributed by atoms with van der Waals surface area (Å²) in [5, 5.41) is 10.2. The van der Waals surface area contributed by atoms with Crippen molar-refractivity contribution in [3.63, 3.8) is 0 Å². The Kier molecular flexibility index (Phi) is 3.81. The maximum atomic E-state index is 9.51. The molecule has 2 aromatic rings. The average molecular weight is 317 g/mol. The second kappa shape index (κ2) is 5.61. The lowest BCUT2D eigenvalue weighted by Gasteiger charge is -2.25. The third-order valence-corrected chi connectivity index (χ3v) is 4.49. The highest BCUT2D eigenvalue weighted by molar-refractivity contribution is 7.71. The molecule has 1 atom stereocenters. The third kappa shape index (κ3) is 2.60. The molecule has 1 aromatic carbocycles. The van der Waals surface area contributed by atoms with Crippen LogP contribution in [0.4, 0.5) is 0 Å². The van der Waals surface area contributed by atoms with Crippen LogP contribution in [0.1, 0.15) is 16.8 Å². The SMILES string of the molecule is C[NH+]1CCc2[nH]c(=S)c(C#N)c(-c3ccc(Cl)cc3)c2C1. The van der Waals surface area contributed by atoms with Crippen LogP contribution in [0.15, 0.2) is 24.3 Å². The molecule has 0 radical (unpaired) electrons. The van der Waals surface area contributed by atoms with E-state index >= 15 is 0 Å². The summed E-state index contributed by atoms with van der Waals surface area (Å²) in [6.07, 6.45) is 0.955. The number of nitrogens with zero attached hydrogens (tertiary/aromatic N) is 1. The Bertz CT molecular complexity index is 787. The molecule has 0 spiro atoms. The molecule has 0 fully saturated rings. The fourth-order valence-electron chi connectivity index (χ4n) is 2.87. The molecule has 3 nitrogen and oxygen atoms in total. The molecule has 1 unspecified atom stereocenters. The van der Waals surface area contributed by atoms with Crippen LogP contribution in [0.2, 0.25) is 5.02 Å². The number of H-pyrrole nitrogens is 1. The number of nitriles is 1. The number of nitrogens with one attached hydrogen (secondary N) is 2. The van der Waals surface area contributed by atoms with Gasteiger partial charge in [-0.25, -0.2) is 0 Å². The lowest BCUT2D eigenvalue weighted by atomic mass is 9.92. The Morgan fingerprint density at radius 2 is 2.05 bits per heavy atom. The predicted molar refractivity (Wildman–Crippen MR) is 85.9 cm³/mol. The van der Waals surface area contributed by atoms with Crippen molar-refractivity contribution >= 4 is 23.8 Å². The van der Waals surface area contributed by atoms with Crippen LogP contribution in [0.3, 0.4) is 0 Å². The topological polar surface area (TPSA) is 44.0 Å². The molecule has 0 aliphatic carbocycles. The van der Waals surface area contributed by atoms with Gasteiger partial charge in [0.15, 0.2) is 0 Å². The molecule has 0 bridgehead atoms. The van der Waals surface area contributed by atoms with Crippen molar-refractivity contribution in [2.75, 3.05) is 13.6 Å². The molecule has 2 heterocycles. The van der Waals surface area contributed by atoms with Gasteiger partial charge >= 0.3 is 0 Å². The largest absolute Gasteiger partial charge is 0.348 e. The Labute approximate surface area is 133 Å². The second-order valence-corrected chi connectivity index (χ2v) is 6.26. The first-order valence-corrected chi connectivity index (χ1v) is 7.64. The van der Waals surface area contributed by atoms with E-state index in [-0.39, 0.29) is 0 Å². The van der Waals surface area contributed by atoms with E-state index in [0.717, 1.165) is 36.3 Å². The minimum Gasteiger partial charge on any atom is -0.348 e. The molecule has 2 N–H and O–H groups in total. The molecule has 3 rings (SSSR count). The van der Waals surface area contributed by atoms with E-state index in [9.17, 15) is 5.26 Å². The van der Waals surface area contributed by atoms with Crippen LogP contribution in [0, 0.1) is 16.0 Å². The zero-order chi connectivity index (χ0) is 15.0. The van der Waals surface area contributed by atoms with Crippen molar-refractivity contribution in [3.8, 4) is 17.2 Å². The molecule has 0 amide bonds. The number of pyridine rings is 1. The number of rotatable bonds is 1. The quantitative estimate of drug-likeness (QED) is 0.794. The average Bonchev–Trinajstić information content (AvgIpc) is 2.47. The van der Waals surface area contributed by atoms with E-state index in [1.807, 2.05) is 24.3 Å². The molecule has 0 saturated carbocycles. The van der Waals surface area contributed by atoms with Crippen molar-refractivity contribution in [2.24, 2.45) is 0 Å². The number of likely N-dealkylation sites (N-methyl/N-ethyl adjacent to an activating group) is 1. The number of benzene rings is 1. The van der Waals surface area contributed by atoms with Gasteiger partial charge < -0.3 is 9.88 Å². The van der Waals surface area contributed by atoms with Crippen LogP contribution in [0.25, 0.3) is 11.1 Å². The van der Waals surface area contributed by atoms with Gasteiger partial charge in [0, 0.05) is 28.3 Å². The number of aromatic amines is 1. The number of quaternary nitrogens is 1. The first-order valence-electron chi connectivity index (χ1n) is 6.85. The maximum absolute atomic E-state index is 9.51. The standard InChI is InChI=1S/C16H14ClN3S/c1-20-7-6-14-13(9-20)15(12(8-18)16(21)19-14)10-2-4-11(17)5-3-10/h2-5H,6-7,9H2,1H3,(H,19,21)/p+1. The summed E-state index contributed by atoms with van der Waals surface area (Å²) in [5.74, 6) is 0. The van der Waals surface area contributed by atoms with Gasteiger partial charge in [-0.15, -0.1) is 0 Å². The van der Waals surface area contributed by atoms with Crippen LogP contribution >= 0.6 is 23.8 Å². The van der Waals surface area contributed by atoms with E-state index in [2.05, 4.69) is 18.1 Å². The minimum absolute atomic E-state index is 0.528. The molecule has 1 aliphatic heterocycles. The van der Waals surface area contributed by atoms with Crippen molar-refractivity contribution in [1.29, 1.82) is 5.26 Å². The number of halogens is 1. The number of hydrogen-bond donors (Lipinski definition) is 2. The van der Waals surface area contributed by atoms with E-state index in [1.54, 1.807) is 0 Å². The summed E-state index contributed by atoms with van der Waals surface area (Å²) in [6, 6.07) is 9.88. The van der Waals surface area contributed by atoms with Gasteiger partial charge in [0.25, 0.3) is 0 Å². The minimum atomic E-state index is 0.528. The van der Waals surface area contributed by atoms with Crippen molar-refractivity contribution in [3.05, 3.63) is 50.7 Å². The summed E-state index contributed by atoms with van der Waals surface area (Å²) in [7, 11) is 2.17. The van der Waals surface area contributed by atoms with Crippen LogP contribution in [-0.4, -0.2) is 18.6 Å². The molecule has 21 heavy (non-hydrogen) atoms. The first-order chi connectivity index (χ1) is 10.1. The summed E-state index contributed by atoms with van der Waals surface area (Å²) >= 11 is 11.3. The van der Waals surface area contributed by atoms with Crippen molar-refractivity contribution in [2.45, 2.75) is 13.0 Å². The maximum Gasteiger partial charge on any atom is 0.122 e. The van der Waals surface area contributed by atoms with Gasteiger partial charge in [-0.05, 0) is 17.7 Å². The van der Waals surface area contributed by atoms with Gasteiger partial charge in [0.2, 0.25) is 0 Å². The van der Waals surface area contributed by atoms with Gasteiger partial charge in [0.1, 0.15) is 17.3 Å². The number of hydrogen-bond acceptors (Lipinski definition) is 2. The summed E-state index contributed by atoms with van der Waals surface area (Å²) in [4.78, 5) is 4.68. The molecule has 0 saturated heterocycles. The predicted octanol–water partition coefficient (Wildman–Crippen LogP) is 2.51. The van der Waals surface area contributed by atoms with Crippen LogP contribution in [0.5, 0.6) is 0 Å². The summed E-state index contributed by atoms with van der Waals surface area (Å²) < 4.78 is 0.528. The first kappa shape index (κ1) is 14.3. The number of fused-ring (bicyclic) bond motifs is 1. The summed E-state index contributed by atoms with van der Waals surface area (Å²) in [6.45, 7) is 1.97. The normalized spacial score (nSPS) is 17.1. The Morgan fingerprint density at radius 1 is 1.33 bits per heavy atom. The zero-order valence-corrected chi connectivity index (χ0v) is 13.2. The van der Waals surface area contributed by atoms with E-state index in [1.165, 1.54) is 10.5 Å². The van der Waals surface area contributed by atoms with Crippen molar-refractivity contribution in [1.82, 2.24) is 4.98 Å². The Hall–Kier alpha value is -1.67. The summed E-state index contributed by atoms with van der Waals surface area (Å²) in [5.41, 5.74) is 4.88. The van der Waals surface area contributed by atoms with Gasteiger partial charge in [0.05, 0.1) is 19.2 Å². The number of aromatic nitrogens is 1. The van der Waals surface area contributed by atoms with Crippen LogP contribution < -0.4 is 4.90 Å². The van der Waals surface area contributed by atoms with Gasteiger partial charge in [-0.1, -0.05) is 36.0 Å². The highest BCUT2D eigenvalue weighted by Gasteiger charge is 2.24. The van der Waals surface area contributed by atoms with Crippen LogP contribution in [-0.2, 0) is 13.0 Å². The molecule has 1 aromatic heterocycles. The fourth-order valence-corrected chi connectivity index (χ4v) is 3.27. The van der Waals surface area contributed by atoms with E-state index < -0.39 is 0 Å². The monoisotopic (exact) mass is 316 g/mol. The second-order valence-electron chi connectivity index (χ2n) is 5.41. The smallest absolute Gasteiger partial charge is 0.122 e. The van der Waals surface area contributed by atoms with Gasteiger partial charge in [-0.2, -0.15) is 5.26 Å². The molecule has 1 aliphatic rings. The highest BCUT2D eigenvalue weighted by atomic mass is 35.5. The van der Waals surface area contributed by atoms with E-state index in [0.29, 0.717) is 15.2 Å². The molecular formula is C16H15ClN3S+.